The zero-order chi connectivity index (χ0) is 15.5. The van der Waals surface area contributed by atoms with Crippen molar-refractivity contribution in [1.29, 1.82) is 0 Å². The zero-order valence-corrected chi connectivity index (χ0v) is 13.9. The third-order valence-corrected chi connectivity index (χ3v) is 4.29. The van der Waals surface area contributed by atoms with E-state index in [4.69, 9.17) is 23.2 Å². The number of halogens is 2. The summed E-state index contributed by atoms with van der Waals surface area (Å²) in [6, 6.07) is 7.77. The van der Waals surface area contributed by atoms with E-state index in [2.05, 4.69) is 20.6 Å². The van der Waals surface area contributed by atoms with Gasteiger partial charge in [-0.25, -0.2) is 4.98 Å². The van der Waals surface area contributed by atoms with E-state index in [1.165, 1.54) is 25.7 Å². The smallest absolute Gasteiger partial charge is 0.229 e. The van der Waals surface area contributed by atoms with E-state index in [1.54, 1.807) is 12.1 Å². The van der Waals surface area contributed by atoms with Crippen molar-refractivity contribution in [1.82, 2.24) is 9.97 Å². The van der Waals surface area contributed by atoms with Crippen LogP contribution in [0.5, 0.6) is 0 Å². The molecule has 0 spiro atoms. The second kappa shape index (κ2) is 6.71. The van der Waals surface area contributed by atoms with Crippen molar-refractivity contribution in [3.05, 3.63) is 40.0 Å². The van der Waals surface area contributed by atoms with Crippen LogP contribution in [-0.4, -0.2) is 16.0 Å². The van der Waals surface area contributed by atoms with Crippen LogP contribution in [0.25, 0.3) is 0 Å². The molecule has 0 amide bonds. The van der Waals surface area contributed by atoms with Crippen LogP contribution in [0.3, 0.4) is 0 Å². The molecule has 3 rings (SSSR count). The number of rotatable bonds is 4. The van der Waals surface area contributed by atoms with Gasteiger partial charge in [0.15, 0.2) is 0 Å². The largest absolute Gasteiger partial charge is 0.367 e. The van der Waals surface area contributed by atoms with E-state index in [9.17, 15) is 0 Å². The summed E-state index contributed by atoms with van der Waals surface area (Å²) < 4.78 is 0. The maximum Gasteiger partial charge on any atom is 0.229 e. The van der Waals surface area contributed by atoms with Crippen molar-refractivity contribution in [2.45, 2.75) is 38.6 Å². The van der Waals surface area contributed by atoms with Gasteiger partial charge in [-0.1, -0.05) is 36.0 Å². The second-order valence-electron chi connectivity index (χ2n) is 5.59. The molecule has 0 atom stereocenters. The van der Waals surface area contributed by atoms with Crippen molar-refractivity contribution in [3.63, 3.8) is 0 Å². The third kappa shape index (κ3) is 3.81. The molecule has 1 aliphatic carbocycles. The molecule has 1 aromatic heterocycles. The molecule has 22 heavy (non-hydrogen) atoms. The number of hydrogen-bond acceptors (Lipinski definition) is 4. The molecule has 2 aromatic rings. The van der Waals surface area contributed by atoms with Crippen LogP contribution in [0.2, 0.25) is 10.0 Å². The fourth-order valence-corrected chi connectivity index (χ4v) is 3.14. The third-order valence-electron chi connectivity index (χ3n) is 3.74. The second-order valence-corrected chi connectivity index (χ2v) is 6.44. The lowest BCUT2D eigenvalue weighted by Crippen LogP contribution is -2.16. The van der Waals surface area contributed by atoms with Gasteiger partial charge in [-0.2, -0.15) is 4.98 Å². The number of anilines is 3. The lowest BCUT2D eigenvalue weighted by atomic mass is 10.2. The first-order valence-electron chi connectivity index (χ1n) is 7.44. The minimum Gasteiger partial charge on any atom is -0.367 e. The van der Waals surface area contributed by atoms with Gasteiger partial charge in [0.1, 0.15) is 5.82 Å². The summed E-state index contributed by atoms with van der Waals surface area (Å²) in [5.41, 5.74) is 1.64. The molecule has 1 aliphatic rings. The topological polar surface area (TPSA) is 49.8 Å². The van der Waals surface area contributed by atoms with E-state index >= 15 is 0 Å². The molecule has 1 saturated carbocycles. The first-order chi connectivity index (χ1) is 10.6. The van der Waals surface area contributed by atoms with Crippen LogP contribution in [0, 0.1) is 6.92 Å². The van der Waals surface area contributed by atoms with Crippen molar-refractivity contribution in [2.24, 2.45) is 0 Å². The Kier molecular flexibility index (Phi) is 4.69. The maximum absolute atomic E-state index is 6.18. The molecule has 0 unspecified atom stereocenters. The summed E-state index contributed by atoms with van der Waals surface area (Å²) >= 11 is 12.1. The Morgan fingerprint density at radius 1 is 1.09 bits per heavy atom. The number of hydrogen-bond donors (Lipinski definition) is 2. The van der Waals surface area contributed by atoms with E-state index in [-0.39, 0.29) is 0 Å². The molecule has 116 valence electrons. The van der Waals surface area contributed by atoms with Gasteiger partial charge in [-0.3, -0.25) is 0 Å². The van der Waals surface area contributed by atoms with Gasteiger partial charge >= 0.3 is 0 Å². The molecule has 1 fully saturated rings. The van der Waals surface area contributed by atoms with Crippen LogP contribution in [0.15, 0.2) is 24.3 Å². The Hall–Kier alpha value is -1.52. The Morgan fingerprint density at radius 3 is 2.59 bits per heavy atom. The minimum absolute atomic E-state index is 0.515. The number of nitrogens with zero attached hydrogens (tertiary/aromatic N) is 2. The van der Waals surface area contributed by atoms with Crippen LogP contribution in [0.4, 0.5) is 17.5 Å². The summed E-state index contributed by atoms with van der Waals surface area (Å²) in [7, 11) is 0. The van der Waals surface area contributed by atoms with Gasteiger partial charge in [-0.05, 0) is 38.0 Å². The lowest BCUT2D eigenvalue weighted by molar-refractivity contribution is 0.749. The summed E-state index contributed by atoms with van der Waals surface area (Å²) in [4.78, 5) is 8.94. The molecule has 2 N–H and O–H groups in total. The van der Waals surface area contributed by atoms with Crippen LogP contribution in [-0.2, 0) is 0 Å². The zero-order valence-electron chi connectivity index (χ0n) is 12.4. The molecule has 4 nitrogen and oxygen atoms in total. The predicted molar refractivity (Wildman–Crippen MR) is 92.4 cm³/mol. The summed E-state index contributed by atoms with van der Waals surface area (Å²) in [6.45, 7) is 1.95. The SMILES string of the molecule is Cc1cc(NC2CCCC2)nc(Nc2ccc(Cl)cc2Cl)n1. The normalized spacial score (nSPS) is 15.0. The fourth-order valence-electron chi connectivity index (χ4n) is 2.69. The monoisotopic (exact) mass is 336 g/mol. The highest BCUT2D eigenvalue weighted by Gasteiger charge is 2.15. The molecular formula is C16H18Cl2N4. The molecule has 1 aromatic carbocycles. The van der Waals surface area contributed by atoms with Gasteiger partial charge in [0.2, 0.25) is 5.95 Å². The average molecular weight is 337 g/mol. The Balaban J connectivity index is 1.79. The summed E-state index contributed by atoms with van der Waals surface area (Å²) in [6.07, 6.45) is 4.98. The van der Waals surface area contributed by atoms with Gasteiger partial charge in [-0.15, -0.1) is 0 Å². The number of benzene rings is 1. The molecule has 0 saturated heterocycles. The molecule has 6 heteroatoms. The summed E-state index contributed by atoms with van der Waals surface area (Å²) in [5.74, 6) is 1.39. The highest BCUT2D eigenvalue weighted by Crippen LogP contribution is 2.28. The Bertz CT molecular complexity index is 669. The van der Waals surface area contributed by atoms with Crippen molar-refractivity contribution >= 4 is 40.7 Å². The van der Waals surface area contributed by atoms with E-state index in [0.717, 1.165) is 17.2 Å². The van der Waals surface area contributed by atoms with Crippen LogP contribution >= 0.6 is 23.2 Å². The lowest BCUT2D eigenvalue weighted by Gasteiger charge is -2.14. The standard InChI is InChI=1S/C16H18Cl2N4/c1-10-8-15(20-12-4-2-3-5-12)22-16(19-10)21-14-7-6-11(17)9-13(14)18/h6-9,12H,2-5H2,1H3,(H2,19,20,21,22). The Labute approximate surface area is 140 Å². The first-order valence-corrected chi connectivity index (χ1v) is 8.20. The predicted octanol–water partition coefficient (Wildman–Crippen LogP) is 5.19. The number of aromatic nitrogens is 2. The van der Waals surface area contributed by atoms with E-state index < -0.39 is 0 Å². The summed E-state index contributed by atoms with van der Waals surface area (Å²) in [5, 5.41) is 7.78. The Morgan fingerprint density at radius 2 is 1.86 bits per heavy atom. The van der Waals surface area contributed by atoms with E-state index in [0.29, 0.717) is 22.0 Å². The average Bonchev–Trinajstić information content (AvgIpc) is 2.94. The molecule has 0 aliphatic heterocycles. The highest BCUT2D eigenvalue weighted by molar-refractivity contribution is 6.36. The van der Waals surface area contributed by atoms with Gasteiger partial charge in [0, 0.05) is 22.8 Å². The molecule has 1 heterocycles. The fraction of sp³-hybridized carbons (Fsp3) is 0.375. The van der Waals surface area contributed by atoms with Gasteiger partial charge < -0.3 is 10.6 Å². The van der Waals surface area contributed by atoms with Crippen LogP contribution < -0.4 is 10.6 Å². The number of nitrogens with one attached hydrogen (secondary N) is 2. The number of aryl methyl sites for hydroxylation is 1. The van der Waals surface area contributed by atoms with Crippen molar-refractivity contribution in [3.8, 4) is 0 Å². The van der Waals surface area contributed by atoms with Crippen molar-refractivity contribution < 1.29 is 0 Å². The quantitative estimate of drug-likeness (QED) is 0.806. The molecular weight excluding hydrogens is 319 g/mol. The van der Waals surface area contributed by atoms with Gasteiger partial charge in [0.05, 0.1) is 10.7 Å². The van der Waals surface area contributed by atoms with Gasteiger partial charge in [0.25, 0.3) is 0 Å². The molecule has 0 bridgehead atoms. The maximum atomic E-state index is 6.18. The van der Waals surface area contributed by atoms with Crippen molar-refractivity contribution in [2.75, 3.05) is 10.6 Å². The molecule has 0 radical (unpaired) electrons. The first kappa shape index (κ1) is 15.4. The van der Waals surface area contributed by atoms with Crippen LogP contribution in [0.1, 0.15) is 31.4 Å². The minimum atomic E-state index is 0.515. The van der Waals surface area contributed by atoms with E-state index in [1.807, 2.05) is 19.1 Å². The highest BCUT2D eigenvalue weighted by atomic mass is 35.5.